The molecule has 3 aliphatic rings. The van der Waals surface area contributed by atoms with E-state index >= 15 is 4.79 Å². The van der Waals surface area contributed by atoms with Crippen molar-refractivity contribution in [3.05, 3.63) is 124 Å². The fraction of sp³-hybridized carbons (Fsp3) is 0.557. The molecule has 1 aromatic heterocycles. The SMILES string of the molecule is CC[C@@H](C)[C@H]([C@H](CC(=O)N1CCCC1[C@@H](OC)[C@H](C)C(=O)N[C@@H](C)[C@H](O)c1ccccc1)OC)N(C)C(=O)[C@H](NC(=O)[C@@H](C(C)C)N(C)C(=O)OC(Cc1cn(CCNC(=O)Cc2ccc(N3C(=O)C=CC3=O)cc2)nn1)c1ccc(OC2OC(C(=O)O)C(O)C(O)C2O)c([N+](=O)[O-])c1)C(C)C. The third-order valence-electron chi connectivity index (χ3n) is 18.9. The predicted octanol–water partition coefficient (Wildman–Crippen LogP) is 2.92. The van der Waals surface area contributed by atoms with E-state index in [1.165, 1.54) is 43.1 Å². The molecule has 4 aromatic rings. The first-order chi connectivity index (χ1) is 48.3. The van der Waals surface area contributed by atoms with Gasteiger partial charge in [0.25, 0.3) is 11.8 Å². The second-order valence-corrected chi connectivity index (χ2v) is 26.7. The van der Waals surface area contributed by atoms with E-state index < -0.39 is 155 Å². The number of aliphatic carboxylic acids is 1. The van der Waals surface area contributed by atoms with Gasteiger partial charge in [-0.2, -0.15) is 0 Å². The molecule has 0 bridgehead atoms. The van der Waals surface area contributed by atoms with Gasteiger partial charge in [-0.15, -0.1) is 5.10 Å². The van der Waals surface area contributed by atoms with Crippen LogP contribution in [0.5, 0.6) is 5.75 Å². The van der Waals surface area contributed by atoms with E-state index in [2.05, 4.69) is 26.3 Å². The maximum Gasteiger partial charge on any atom is 0.410 e. The smallest absolute Gasteiger partial charge is 0.410 e. The van der Waals surface area contributed by atoms with Gasteiger partial charge in [0.05, 0.1) is 78.0 Å². The van der Waals surface area contributed by atoms with Crippen molar-refractivity contribution in [2.75, 3.05) is 46.3 Å². The average Bonchev–Trinajstić information content (AvgIpc) is 0.926. The lowest BCUT2D eigenvalue weighted by Crippen LogP contribution is -2.61. The number of nitrogens with one attached hydrogen (secondary N) is 3. The summed E-state index contributed by atoms with van der Waals surface area (Å²) in [5.74, 6) is -7.85. The van der Waals surface area contributed by atoms with E-state index in [-0.39, 0.29) is 67.2 Å². The first kappa shape index (κ1) is 80.0. The van der Waals surface area contributed by atoms with Gasteiger partial charge < -0.3 is 75.0 Å². The molecule has 7 rings (SSSR count). The number of nitrogens with zero attached hydrogens (tertiary/aromatic N) is 8. The Morgan fingerprint density at radius 3 is 2.09 bits per heavy atom. The summed E-state index contributed by atoms with van der Waals surface area (Å²) in [7, 11) is 5.80. The molecular weight excluding hydrogens is 1330 g/mol. The van der Waals surface area contributed by atoms with E-state index in [1.807, 2.05) is 19.9 Å². The van der Waals surface area contributed by atoms with Crippen LogP contribution in [0.1, 0.15) is 116 Å². The van der Waals surface area contributed by atoms with Gasteiger partial charge in [-0.25, -0.2) is 14.5 Å². The summed E-state index contributed by atoms with van der Waals surface area (Å²) in [5, 5.41) is 81.8. The number of aliphatic hydroxyl groups excluding tert-OH is 4. The second-order valence-electron chi connectivity index (χ2n) is 26.7. The van der Waals surface area contributed by atoms with Crippen molar-refractivity contribution in [3.8, 4) is 5.75 Å². The number of carboxylic acids is 1. The number of likely N-dealkylation sites (N-methyl/N-ethyl adjacent to an activating group) is 2. The summed E-state index contributed by atoms with van der Waals surface area (Å²) in [4.78, 5) is 139. The number of ether oxygens (including phenoxy) is 5. The van der Waals surface area contributed by atoms with Gasteiger partial charge in [0.2, 0.25) is 35.8 Å². The number of imide groups is 1. The van der Waals surface area contributed by atoms with Crippen molar-refractivity contribution >= 4 is 64.8 Å². The monoisotopic (exact) mass is 1430 g/mol. The molecule has 0 aliphatic carbocycles. The molecule has 556 valence electrons. The van der Waals surface area contributed by atoms with Crippen molar-refractivity contribution in [1.29, 1.82) is 0 Å². The number of carboxylic acid groups (broad SMARTS) is 1. The van der Waals surface area contributed by atoms with Gasteiger partial charge in [0.1, 0.15) is 36.5 Å². The first-order valence-corrected chi connectivity index (χ1v) is 33.9. The highest BCUT2D eigenvalue weighted by atomic mass is 16.7. The first-order valence-electron chi connectivity index (χ1n) is 33.9. The zero-order chi connectivity index (χ0) is 75.1. The predicted molar refractivity (Wildman–Crippen MR) is 364 cm³/mol. The number of likely N-dealkylation sites (tertiary alicyclic amines) is 1. The highest BCUT2D eigenvalue weighted by Gasteiger charge is 2.49. The number of amides is 8. The number of aliphatic hydroxyl groups is 4. The van der Waals surface area contributed by atoms with Crippen LogP contribution in [-0.4, -0.2) is 228 Å². The van der Waals surface area contributed by atoms with Crippen LogP contribution in [0.4, 0.5) is 16.2 Å². The Hall–Kier alpha value is -9.31. The van der Waals surface area contributed by atoms with Crippen molar-refractivity contribution in [2.45, 2.75) is 186 Å². The average molecular weight is 1430 g/mol. The van der Waals surface area contributed by atoms with Crippen molar-refractivity contribution in [3.63, 3.8) is 0 Å². The molecule has 102 heavy (non-hydrogen) atoms. The molecule has 3 aliphatic heterocycles. The van der Waals surface area contributed by atoms with Crippen molar-refractivity contribution in [1.82, 2.24) is 45.6 Å². The fourth-order valence-electron chi connectivity index (χ4n) is 13.1. The van der Waals surface area contributed by atoms with Crippen LogP contribution in [0.25, 0.3) is 0 Å². The Bertz CT molecular complexity index is 3610. The maximum atomic E-state index is 15.1. The van der Waals surface area contributed by atoms with Crippen LogP contribution in [0.15, 0.2) is 91.1 Å². The number of hydrogen-bond acceptors (Lipinski definition) is 22. The molecule has 0 spiro atoms. The molecule has 8 N–H and O–H groups in total. The van der Waals surface area contributed by atoms with Gasteiger partial charge in [-0.05, 0) is 72.4 Å². The molecule has 3 aromatic carbocycles. The van der Waals surface area contributed by atoms with E-state index in [0.717, 1.165) is 34.1 Å². The highest BCUT2D eigenvalue weighted by molar-refractivity contribution is 6.28. The largest absolute Gasteiger partial charge is 0.479 e. The molecular formula is C70H95N11O21. The standard InChI is InChI=1S/C70H95N11O21/c1-13-39(6)58(51(98-11)35-55(85)79-30-17-20-47(79)63(99-12)40(7)65(90)72-41(8)59(86)43-18-15-14-16-19-43)76(9)67(92)56(37(2)3)73-66(91)57(38(4)5)77(10)70(95)101-50(44-23-26-49(48(33-44)81(96)97)100-69-62(89)60(87)61(88)64(102-69)68(93)94)34-45-36-78(75-74-45)31-29-71-52(82)32-42-21-24-46(25-22-42)80-53(83)27-28-54(80)84/h14-16,18-19,21-28,33,36-41,47,50-51,56-64,69,86-89H,13,17,20,29-32,34-35H2,1-12H3,(H,71,82)(H,72,90)(H,73,91)(H,93,94)/t39-,40+,41+,47?,50?,51+,56-,57-,58-,59+,60?,61?,62?,63+,64?,69?/m1/s1. The molecule has 16 atom stereocenters. The van der Waals surface area contributed by atoms with Crippen LogP contribution in [0, 0.1) is 33.8 Å². The van der Waals surface area contributed by atoms with E-state index in [4.69, 9.17) is 23.7 Å². The van der Waals surface area contributed by atoms with Crippen molar-refractivity contribution in [2.24, 2.45) is 23.7 Å². The number of anilines is 1. The maximum absolute atomic E-state index is 15.1. The quantitative estimate of drug-likeness (QED) is 0.0189. The Morgan fingerprint density at radius 1 is 0.824 bits per heavy atom. The minimum Gasteiger partial charge on any atom is -0.479 e. The van der Waals surface area contributed by atoms with Gasteiger partial charge >= 0.3 is 17.7 Å². The van der Waals surface area contributed by atoms with E-state index in [0.29, 0.717) is 42.6 Å². The molecule has 2 fully saturated rings. The Labute approximate surface area is 590 Å². The number of hydrogen-bond donors (Lipinski definition) is 8. The van der Waals surface area contributed by atoms with Gasteiger partial charge in [-0.1, -0.05) is 109 Å². The molecule has 32 nitrogen and oxygen atoms in total. The molecule has 32 heteroatoms. The third-order valence-corrected chi connectivity index (χ3v) is 18.9. The normalized spacial score (nSPS) is 21.2. The van der Waals surface area contributed by atoms with Crippen molar-refractivity contribution < 1.29 is 97.3 Å². The van der Waals surface area contributed by atoms with Crippen LogP contribution < -0.4 is 25.6 Å². The molecule has 7 unspecified atom stereocenters. The lowest BCUT2D eigenvalue weighted by molar-refractivity contribution is -0.387. The summed E-state index contributed by atoms with van der Waals surface area (Å²) in [5.41, 5.74) is 0.852. The molecule has 0 radical (unpaired) electrons. The van der Waals surface area contributed by atoms with Gasteiger partial charge in [0.15, 0.2) is 11.9 Å². The zero-order valence-corrected chi connectivity index (χ0v) is 59.3. The Kier molecular flexibility index (Phi) is 28.3. The van der Waals surface area contributed by atoms with Crippen LogP contribution in [0.2, 0.25) is 0 Å². The summed E-state index contributed by atoms with van der Waals surface area (Å²) < 4.78 is 30.4. The minimum absolute atomic E-state index is 0.0528. The molecule has 0 saturated carbocycles. The summed E-state index contributed by atoms with van der Waals surface area (Å²) in [6.07, 6.45) is -10.7. The van der Waals surface area contributed by atoms with Crippen LogP contribution in [-0.2, 0) is 76.7 Å². The Morgan fingerprint density at radius 2 is 1.49 bits per heavy atom. The number of carbonyl (C=O) groups excluding carboxylic acids is 8. The summed E-state index contributed by atoms with van der Waals surface area (Å²) >= 11 is 0. The lowest BCUT2D eigenvalue weighted by Gasteiger charge is -2.41. The number of benzene rings is 3. The minimum atomic E-state index is -2.11. The van der Waals surface area contributed by atoms with E-state index in [9.17, 15) is 74.0 Å². The third kappa shape index (κ3) is 19.4. The van der Waals surface area contributed by atoms with Crippen LogP contribution in [0.3, 0.4) is 0 Å². The topological polar surface area (TPSA) is 424 Å². The highest BCUT2D eigenvalue weighted by Crippen LogP contribution is 2.37. The molecule has 2 saturated heterocycles. The second kappa shape index (κ2) is 36.0. The number of rotatable bonds is 34. The lowest BCUT2D eigenvalue weighted by atomic mass is 9.89. The number of nitro groups is 1. The number of carbonyl (C=O) groups is 9. The van der Waals surface area contributed by atoms with Gasteiger partial charge in [-0.3, -0.25) is 53.3 Å². The summed E-state index contributed by atoms with van der Waals surface area (Å²) in [6, 6.07) is 14.1. The van der Waals surface area contributed by atoms with Crippen LogP contribution >= 0.6 is 0 Å². The molecule has 8 amide bonds. The molecule has 4 heterocycles. The summed E-state index contributed by atoms with van der Waals surface area (Å²) in [6.45, 7) is 14.5. The van der Waals surface area contributed by atoms with E-state index in [1.54, 1.807) is 102 Å². The number of aromatic nitrogens is 3. The fourth-order valence-corrected chi connectivity index (χ4v) is 13.1. The number of nitro benzene ring substituents is 1. The Balaban J connectivity index is 1.06. The number of methoxy groups -OCH3 is 2. The zero-order valence-electron chi connectivity index (χ0n) is 59.3. The van der Waals surface area contributed by atoms with Gasteiger partial charge in [0, 0.05) is 72.2 Å².